The van der Waals surface area contributed by atoms with E-state index in [1.54, 1.807) is 28.6 Å². The summed E-state index contributed by atoms with van der Waals surface area (Å²) in [6.07, 6.45) is 6.28. The summed E-state index contributed by atoms with van der Waals surface area (Å²) in [6.45, 7) is 2.76. The van der Waals surface area contributed by atoms with Gasteiger partial charge in [0.1, 0.15) is 5.82 Å². The first-order valence-electron chi connectivity index (χ1n) is 7.34. The Kier molecular flexibility index (Phi) is 5.41. The van der Waals surface area contributed by atoms with Crippen LogP contribution in [0.3, 0.4) is 0 Å². The lowest BCUT2D eigenvalue weighted by Gasteiger charge is -2.04. The first-order valence-corrected chi connectivity index (χ1v) is 9.08. The number of aromatic nitrogens is 3. The van der Waals surface area contributed by atoms with Gasteiger partial charge >= 0.3 is 0 Å². The maximum atomic E-state index is 6.07. The zero-order valence-electron chi connectivity index (χ0n) is 12.7. The Morgan fingerprint density at radius 1 is 1.26 bits per heavy atom. The van der Waals surface area contributed by atoms with Gasteiger partial charge in [-0.15, -0.1) is 5.10 Å². The number of aryl methyl sites for hydroxylation is 1. The van der Waals surface area contributed by atoms with Gasteiger partial charge in [0, 0.05) is 12.0 Å². The van der Waals surface area contributed by atoms with Crippen molar-refractivity contribution in [2.24, 2.45) is 4.99 Å². The number of thioether (sulfide) groups is 1. The van der Waals surface area contributed by atoms with E-state index >= 15 is 0 Å². The lowest BCUT2D eigenvalue weighted by atomic mass is 10.2. The second-order valence-corrected chi connectivity index (χ2v) is 7.05. The summed E-state index contributed by atoms with van der Waals surface area (Å²) in [5.74, 6) is 1.81. The molecule has 7 heteroatoms. The molecule has 0 bridgehead atoms. The Hall–Kier alpha value is -1.30. The number of aliphatic imine (C=N–C) groups is 1. The summed E-state index contributed by atoms with van der Waals surface area (Å²) in [7, 11) is 0. The number of nitrogens with zero attached hydrogens (tertiary/aromatic N) is 4. The van der Waals surface area contributed by atoms with Crippen molar-refractivity contribution in [1.82, 2.24) is 14.8 Å². The van der Waals surface area contributed by atoms with Crippen molar-refractivity contribution < 1.29 is 0 Å². The van der Waals surface area contributed by atoms with Crippen LogP contribution in [0.15, 0.2) is 40.0 Å². The van der Waals surface area contributed by atoms with Gasteiger partial charge in [0.2, 0.25) is 5.16 Å². The molecule has 0 amide bonds. The topological polar surface area (TPSA) is 43.1 Å². The van der Waals surface area contributed by atoms with Gasteiger partial charge in [0.25, 0.3) is 0 Å². The van der Waals surface area contributed by atoms with Crippen molar-refractivity contribution in [1.29, 1.82) is 0 Å². The van der Waals surface area contributed by atoms with Gasteiger partial charge in [-0.3, -0.25) is 4.99 Å². The van der Waals surface area contributed by atoms with Crippen LogP contribution in [0.5, 0.6) is 0 Å². The molecule has 0 spiro atoms. The SMILES string of the molecule is Cc1nc(SCCCC2=CCN=C2)nn1-c1ccc(Cl)c(Cl)c1. The predicted molar refractivity (Wildman–Crippen MR) is 97.5 cm³/mol. The van der Waals surface area contributed by atoms with Crippen LogP contribution in [-0.2, 0) is 0 Å². The molecule has 4 nitrogen and oxygen atoms in total. The van der Waals surface area contributed by atoms with Crippen molar-refractivity contribution in [3.63, 3.8) is 0 Å². The second-order valence-electron chi connectivity index (χ2n) is 5.18. The largest absolute Gasteiger partial charge is 0.289 e. The van der Waals surface area contributed by atoms with Crippen LogP contribution >= 0.6 is 35.0 Å². The molecular formula is C16H16Cl2N4S. The molecule has 3 rings (SSSR count). The van der Waals surface area contributed by atoms with Crippen molar-refractivity contribution in [2.45, 2.75) is 24.9 Å². The molecule has 1 aliphatic heterocycles. The Morgan fingerprint density at radius 2 is 2.13 bits per heavy atom. The monoisotopic (exact) mass is 366 g/mol. The van der Waals surface area contributed by atoms with E-state index in [2.05, 4.69) is 21.2 Å². The van der Waals surface area contributed by atoms with E-state index in [0.717, 1.165) is 41.8 Å². The number of rotatable bonds is 6. The summed E-state index contributed by atoms with van der Waals surface area (Å²) in [5.41, 5.74) is 2.19. The van der Waals surface area contributed by atoms with E-state index in [-0.39, 0.29) is 0 Å². The zero-order chi connectivity index (χ0) is 16.2. The quantitative estimate of drug-likeness (QED) is 0.546. The lowest BCUT2D eigenvalue weighted by molar-refractivity contribution is 0.812. The highest BCUT2D eigenvalue weighted by Gasteiger charge is 2.10. The van der Waals surface area contributed by atoms with Gasteiger partial charge < -0.3 is 0 Å². The van der Waals surface area contributed by atoms with Crippen LogP contribution in [0.1, 0.15) is 18.7 Å². The van der Waals surface area contributed by atoms with Gasteiger partial charge in [-0.05, 0) is 43.5 Å². The van der Waals surface area contributed by atoms with E-state index in [1.165, 1.54) is 5.57 Å². The van der Waals surface area contributed by atoms with Crippen LogP contribution in [-0.4, -0.2) is 33.3 Å². The van der Waals surface area contributed by atoms with Crippen molar-refractivity contribution in [3.8, 4) is 5.69 Å². The van der Waals surface area contributed by atoms with Gasteiger partial charge in [0.05, 0.1) is 22.3 Å². The van der Waals surface area contributed by atoms with Gasteiger partial charge in [-0.25, -0.2) is 9.67 Å². The Bertz CT molecular complexity index is 767. The van der Waals surface area contributed by atoms with Crippen LogP contribution in [0.2, 0.25) is 10.0 Å². The van der Waals surface area contributed by atoms with Crippen LogP contribution < -0.4 is 0 Å². The Balaban J connectivity index is 1.61. The number of halogens is 2. The molecule has 0 aliphatic carbocycles. The number of hydrogen-bond donors (Lipinski definition) is 0. The molecular weight excluding hydrogens is 351 g/mol. The minimum atomic E-state index is 0.514. The maximum Gasteiger partial charge on any atom is 0.209 e. The first-order chi connectivity index (χ1) is 11.1. The normalized spacial score (nSPS) is 13.6. The summed E-state index contributed by atoms with van der Waals surface area (Å²) >= 11 is 13.7. The molecule has 1 aliphatic rings. The average Bonchev–Trinajstić information content (AvgIpc) is 3.16. The minimum absolute atomic E-state index is 0.514. The van der Waals surface area contributed by atoms with Crippen molar-refractivity contribution >= 4 is 41.2 Å². The molecule has 0 unspecified atom stereocenters. The molecule has 23 heavy (non-hydrogen) atoms. The molecule has 120 valence electrons. The number of hydrogen-bond acceptors (Lipinski definition) is 4. The highest BCUT2D eigenvalue weighted by molar-refractivity contribution is 7.99. The predicted octanol–water partition coefficient (Wildman–Crippen LogP) is 4.77. The van der Waals surface area contributed by atoms with Gasteiger partial charge in [-0.2, -0.15) is 0 Å². The third-order valence-electron chi connectivity index (χ3n) is 3.45. The highest BCUT2D eigenvalue weighted by atomic mass is 35.5. The van der Waals surface area contributed by atoms with E-state index in [0.29, 0.717) is 10.0 Å². The standard InChI is InChI=1S/C16H16Cl2N4S/c1-11-20-16(23-8-2-3-12-6-7-19-10-12)21-22(11)13-4-5-14(17)15(18)9-13/h4-6,9-10H,2-3,7-8H2,1H3. The van der Waals surface area contributed by atoms with E-state index in [4.69, 9.17) is 23.2 Å². The van der Waals surface area contributed by atoms with Gasteiger partial charge in [0.15, 0.2) is 0 Å². The smallest absolute Gasteiger partial charge is 0.209 e. The van der Waals surface area contributed by atoms with E-state index in [1.807, 2.05) is 19.2 Å². The number of benzene rings is 1. The molecule has 0 N–H and O–H groups in total. The fourth-order valence-corrected chi connectivity index (χ4v) is 3.39. The fourth-order valence-electron chi connectivity index (χ4n) is 2.29. The first kappa shape index (κ1) is 16.6. The fraction of sp³-hybridized carbons (Fsp3) is 0.312. The van der Waals surface area contributed by atoms with Crippen LogP contribution in [0.25, 0.3) is 5.69 Å². The molecule has 0 saturated heterocycles. The van der Waals surface area contributed by atoms with E-state index in [9.17, 15) is 0 Å². The maximum absolute atomic E-state index is 6.07. The van der Waals surface area contributed by atoms with Crippen molar-refractivity contribution in [2.75, 3.05) is 12.3 Å². The summed E-state index contributed by atoms with van der Waals surface area (Å²) in [6, 6.07) is 5.45. The third kappa shape index (κ3) is 4.16. The molecule has 0 radical (unpaired) electrons. The summed E-state index contributed by atoms with van der Waals surface area (Å²) in [4.78, 5) is 8.70. The Labute approximate surface area is 149 Å². The average molecular weight is 367 g/mol. The van der Waals surface area contributed by atoms with Crippen molar-refractivity contribution in [3.05, 3.63) is 45.7 Å². The second kappa shape index (κ2) is 7.51. The third-order valence-corrected chi connectivity index (χ3v) is 5.12. The lowest BCUT2D eigenvalue weighted by Crippen LogP contribution is -1.99. The number of allylic oxidation sites excluding steroid dienone is 1. The van der Waals surface area contributed by atoms with E-state index < -0.39 is 0 Å². The molecule has 0 saturated carbocycles. The zero-order valence-corrected chi connectivity index (χ0v) is 15.0. The molecule has 2 aromatic rings. The molecule has 1 aromatic carbocycles. The van der Waals surface area contributed by atoms with Gasteiger partial charge in [-0.1, -0.05) is 41.0 Å². The summed E-state index contributed by atoms with van der Waals surface area (Å²) < 4.78 is 1.79. The molecule has 0 fully saturated rings. The molecule has 0 atom stereocenters. The highest BCUT2D eigenvalue weighted by Crippen LogP contribution is 2.25. The Morgan fingerprint density at radius 3 is 2.87 bits per heavy atom. The minimum Gasteiger partial charge on any atom is -0.289 e. The molecule has 2 heterocycles. The summed E-state index contributed by atoms with van der Waals surface area (Å²) in [5, 5.41) is 6.37. The van der Waals surface area contributed by atoms with Crippen LogP contribution in [0, 0.1) is 6.92 Å². The molecule has 1 aromatic heterocycles. The van der Waals surface area contributed by atoms with Crippen LogP contribution in [0.4, 0.5) is 0 Å².